The third-order valence-electron chi connectivity index (χ3n) is 1.81. The molecule has 100 valence electrons. The first kappa shape index (κ1) is 16.0. The van der Waals surface area contributed by atoms with Crippen LogP contribution in [0.5, 0.6) is 0 Å². The van der Waals surface area contributed by atoms with Gasteiger partial charge in [0.15, 0.2) is 0 Å². The largest absolute Gasteiger partial charge is 0.478 e. The number of aliphatic hydroxyl groups excluding tert-OH is 3. The lowest BCUT2D eigenvalue weighted by atomic mass is 10.1. The maximum Gasteiger partial charge on any atom is 0.336 e. The number of carboxylic acids is 2. The molecule has 1 aromatic rings. The lowest BCUT2D eigenvalue weighted by molar-refractivity contribution is 0.0450. The number of benzene rings is 1. The second kappa shape index (κ2) is 8.18. The zero-order valence-electron chi connectivity index (χ0n) is 9.35. The molecule has 0 aliphatic heterocycles. The summed E-state index contributed by atoms with van der Waals surface area (Å²) < 4.78 is 0. The van der Waals surface area contributed by atoms with E-state index in [2.05, 4.69) is 0 Å². The first-order valence-corrected chi connectivity index (χ1v) is 4.89. The van der Waals surface area contributed by atoms with Gasteiger partial charge in [0.2, 0.25) is 0 Å². The fourth-order valence-electron chi connectivity index (χ4n) is 0.914. The van der Waals surface area contributed by atoms with Gasteiger partial charge in [-0.1, -0.05) is 12.1 Å². The fraction of sp³-hybridized carbons (Fsp3) is 0.273. The number of aromatic carboxylic acids is 2. The second-order valence-corrected chi connectivity index (χ2v) is 3.17. The first-order chi connectivity index (χ1) is 8.43. The van der Waals surface area contributed by atoms with E-state index < -0.39 is 18.0 Å². The maximum absolute atomic E-state index is 10.5. The highest BCUT2D eigenvalue weighted by atomic mass is 16.4. The molecule has 0 heterocycles. The number of carboxylic acid groups (broad SMARTS) is 2. The first-order valence-electron chi connectivity index (χ1n) is 4.89. The Kier molecular flexibility index (Phi) is 7.29. The van der Waals surface area contributed by atoms with E-state index in [1.165, 1.54) is 24.3 Å². The zero-order valence-corrected chi connectivity index (χ0v) is 9.35. The summed E-state index contributed by atoms with van der Waals surface area (Å²) >= 11 is 0. The molecule has 0 aliphatic carbocycles. The minimum Gasteiger partial charge on any atom is -0.478 e. The van der Waals surface area contributed by atoms with E-state index in [9.17, 15) is 9.59 Å². The number of hydrogen-bond donors (Lipinski definition) is 5. The van der Waals surface area contributed by atoms with Crippen molar-refractivity contribution in [2.45, 2.75) is 6.10 Å². The Morgan fingerprint density at radius 1 is 0.944 bits per heavy atom. The number of aliphatic hydroxyl groups is 3. The normalized spacial score (nSPS) is 9.56. The molecule has 0 bridgehead atoms. The lowest BCUT2D eigenvalue weighted by Gasteiger charge is -1.98. The van der Waals surface area contributed by atoms with Crippen LogP contribution in [0.25, 0.3) is 0 Å². The van der Waals surface area contributed by atoms with Gasteiger partial charge in [-0.25, -0.2) is 9.59 Å². The summed E-state index contributed by atoms with van der Waals surface area (Å²) in [5.74, 6) is -2.46. The van der Waals surface area contributed by atoms with Crippen molar-refractivity contribution in [3.8, 4) is 0 Å². The molecule has 0 atom stereocenters. The molecule has 0 unspecified atom stereocenters. The Hall–Kier alpha value is -1.96. The van der Waals surface area contributed by atoms with Crippen molar-refractivity contribution in [3.63, 3.8) is 0 Å². The fourth-order valence-corrected chi connectivity index (χ4v) is 0.914. The van der Waals surface area contributed by atoms with E-state index in [-0.39, 0.29) is 24.3 Å². The average molecular weight is 258 g/mol. The highest BCUT2D eigenvalue weighted by molar-refractivity contribution is 6.01. The highest BCUT2D eigenvalue weighted by Crippen LogP contribution is 2.07. The standard InChI is InChI=1S/C8H6O4.C3H8O3/c9-7(10)5-3-1-2-4-6(5)8(11)12;4-1-3(6)2-5/h1-4H,(H,9,10)(H,11,12);3-6H,1-2H2. The predicted octanol–water partition coefficient (Wildman–Crippen LogP) is -0.585. The van der Waals surface area contributed by atoms with Crippen LogP contribution in [0.2, 0.25) is 0 Å². The molecule has 5 N–H and O–H groups in total. The molecule has 7 heteroatoms. The van der Waals surface area contributed by atoms with Gasteiger partial charge in [0.1, 0.15) is 6.10 Å². The van der Waals surface area contributed by atoms with Crippen LogP contribution < -0.4 is 0 Å². The van der Waals surface area contributed by atoms with Crippen LogP contribution in [0.3, 0.4) is 0 Å². The van der Waals surface area contributed by atoms with Gasteiger partial charge in [0, 0.05) is 0 Å². The lowest BCUT2D eigenvalue weighted by Crippen LogP contribution is -2.15. The highest BCUT2D eigenvalue weighted by Gasteiger charge is 2.13. The monoisotopic (exact) mass is 258 g/mol. The molecule has 0 radical (unpaired) electrons. The maximum atomic E-state index is 10.5. The smallest absolute Gasteiger partial charge is 0.336 e. The van der Waals surface area contributed by atoms with Gasteiger partial charge in [-0.15, -0.1) is 0 Å². The van der Waals surface area contributed by atoms with Gasteiger partial charge in [0.25, 0.3) is 0 Å². The van der Waals surface area contributed by atoms with E-state index in [1.807, 2.05) is 0 Å². The molecule has 7 nitrogen and oxygen atoms in total. The number of hydrogen-bond acceptors (Lipinski definition) is 5. The number of rotatable bonds is 4. The molecule has 0 fully saturated rings. The van der Waals surface area contributed by atoms with Crippen LogP contribution >= 0.6 is 0 Å². The van der Waals surface area contributed by atoms with Crippen molar-refractivity contribution in [1.29, 1.82) is 0 Å². The zero-order chi connectivity index (χ0) is 14.1. The van der Waals surface area contributed by atoms with E-state index in [0.717, 1.165) is 0 Å². The van der Waals surface area contributed by atoms with Crippen LogP contribution in [0.15, 0.2) is 24.3 Å². The molecular weight excluding hydrogens is 244 g/mol. The van der Waals surface area contributed by atoms with Crippen molar-refractivity contribution in [1.82, 2.24) is 0 Å². The third-order valence-corrected chi connectivity index (χ3v) is 1.81. The molecule has 0 aromatic heterocycles. The molecule has 1 aromatic carbocycles. The van der Waals surface area contributed by atoms with Crippen LogP contribution in [0.4, 0.5) is 0 Å². The van der Waals surface area contributed by atoms with Crippen LogP contribution in [0.1, 0.15) is 20.7 Å². The Bertz CT molecular complexity index is 365. The molecule has 0 saturated carbocycles. The molecule has 0 amide bonds. The quantitative estimate of drug-likeness (QED) is 0.487. The van der Waals surface area contributed by atoms with Crippen LogP contribution in [0, 0.1) is 0 Å². The Morgan fingerprint density at radius 2 is 1.28 bits per heavy atom. The molecule has 0 spiro atoms. The van der Waals surface area contributed by atoms with E-state index >= 15 is 0 Å². The molecule has 0 aliphatic rings. The number of carbonyl (C=O) groups is 2. The third kappa shape index (κ3) is 5.39. The molecule has 18 heavy (non-hydrogen) atoms. The average Bonchev–Trinajstić information content (AvgIpc) is 2.38. The Balaban J connectivity index is 0.000000411. The van der Waals surface area contributed by atoms with Crippen molar-refractivity contribution >= 4 is 11.9 Å². The van der Waals surface area contributed by atoms with Crippen molar-refractivity contribution in [2.24, 2.45) is 0 Å². The van der Waals surface area contributed by atoms with Gasteiger partial charge in [-0.3, -0.25) is 0 Å². The topological polar surface area (TPSA) is 135 Å². The van der Waals surface area contributed by atoms with E-state index in [4.69, 9.17) is 25.5 Å². The molecule has 0 saturated heterocycles. The van der Waals surface area contributed by atoms with Gasteiger partial charge >= 0.3 is 11.9 Å². The Morgan fingerprint density at radius 3 is 1.44 bits per heavy atom. The summed E-state index contributed by atoms with van der Waals surface area (Å²) in [4.78, 5) is 20.9. The molecule has 1 rings (SSSR count). The summed E-state index contributed by atoms with van der Waals surface area (Å²) in [6.45, 7) is -0.729. The van der Waals surface area contributed by atoms with E-state index in [1.54, 1.807) is 0 Å². The van der Waals surface area contributed by atoms with Crippen molar-refractivity contribution < 1.29 is 35.1 Å². The van der Waals surface area contributed by atoms with Gasteiger partial charge in [-0.05, 0) is 12.1 Å². The van der Waals surface area contributed by atoms with Gasteiger partial charge in [-0.2, -0.15) is 0 Å². The molecular formula is C11H14O7. The van der Waals surface area contributed by atoms with Crippen molar-refractivity contribution in [3.05, 3.63) is 35.4 Å². The van der Waals surface area contributed by atoms with Crippen LogP contribution in [-0.2, 0) is 0 Å². The summed E-state index contributed by atoms with van der Waals surface area (Å²) in [6.07, 6.45) is -0.954. The second-order valence-electron chi connectivity index (χ2n) is 3.17. The summed E-state index contributed by atoms with van der Waals surface area (Å²) in [5.41, 5.74) is -0.380. The Labute approximate surface area is 103 Å². The summed E-state index contributed by atoms with van der Waals surface area (Å²) in [5, 5.41) is 41.1. The van der Waals surface area contributed by atoms with E-state index in [0.29, 0.717) is 0 Å². The minimum atomic E-state index is -1.23. The SMILES string of the molecule is O=C(O)c1ccccc1C(=O)O.OCC(O)CO. The predicted molar refractivity (Wildman–Crippen MR) is 60.5 cm³/mol. The minimum absolute atomic E-state index is 0.190. The summed E-state index contributed by atoms with van der Waals surface area (Å²) in [6, 6.07) is 5.48. The summed E-state index contributed by atoms with van der Waals surface area (Å²) in [7, 11) is 0. The van der Waals surface area contributed by atoms with Crippen LogP contribution in [-0.4, -0.2) is 56.8 Å². The van der Waals surface area contributed by atoms with Gasteiger partial charge in [0.05, 0.1) is 24.3 Å². The van der Waals surface area contributed by atoms with Gasteiger partial charge < -0.3 is 25.5 Å². The van der Waals surface area contributed by atoms with Crippen molar-refractivity contribution in [2.75, 3.05) is 13.2 Å².